The van der Waals surface area contributed by atoms with E-state index in [4.69, 9.17) is 0 Å². The first-order chi connectivity index (χ1) is 10.9. The van der Waals surface area contributed by atoms with Gasteiger partial charge >= 0.3 is 0 Å². The number of fused-ring (bicyclic) bond motifs is 5. The molecule has 7 atom stereocenters. The average Bonchev–Trinajstić information content (AvgIpc) is 2.78. The van der Waals surface area contributed by atoms with Crippen molar-refractivity contribution >= 4 is 0 Å². The molecule has 2 N–H and O–H groups in total. The number of hydrogen-bond donors (Lipinski definition) is 2. The van der Waals surface area contributed by atoms with Crippen molar-refractivity contribution in [1.82, 2.24) is 0 Å². The second kappa shape index (κ2) is 5.08. The second-order valence-electron chi connectivity index (χ2n) is 9.65. The highest BCUT2D eigenvalue weighted by Gasteiger charge is 2.63. The number of aliphatic hydroxyl groups excluding tert-OH is 1. The zero-order valence-electron chi connectivity index (χ0n) is 15.1. The summed E-state index contributed by atoms with van der Waals surface area (Å²) in [5.74, 6) is 2.59. The normalized spacial score (nSPS) is 55.6. The van der Waals surface area contributed by atoms with Gasteiger partial charge in [-0.15, -0.1) is 0 Å². The summed E-state index contributed by atoms with van der Waals surface area (Å²) in [6.07, 6.45) is 11.8. The van der Waals surface area contributed by atoms with Crippen LogP contribution in [0, 0.1) is 34.5 Å². The van der Waals surface area contributed by atoms with Crippen LogP contribution in [0.15, 0.2) is 11.6 Å². The molecule has 0 aromatic heterocycles. The van der Waals surface area contributed by atoms with Crippen molar-refractivity contribution in [3.63, 3.8) is 0 Å². The zero-order valence-corrected chi connectivity index (χ0v) is 15.1. The quantitative estimate of drug-likeness (QED) is 0.707. The Morgan fingerprint density at radius 1 is 1.13 bits per heavy atom. The Labute approximate surface area is 141 Å². The first-order valence-corrected chi connectivity index (χ1v) is 9.89. The minimum Gasteiger partial charge on any atom is -0.395 e. The maximum absolute atomic E-state index is 11.0. The van der Waals surface area contributed by atoms with Crippen LogP contribution in [0.4, 0.5) is 0 Å². The van der Waals surface area contributed by atoms with E-state index in [-0.39, 0.29) is 10.8 Å². The smallest absolute Gasteiger partial charge is 0.0675 e. The van der Waals surface area contributed by atoms with E-state index in [1.807, 2.05) is 0 Å². The lowest BCUT2D eigenvalue weighted by molar-refractivity contribution is -0.131. The van der Waals surface area contributed by atoms with Crippen LogP contribution in [-0.2, 0) is 0 Å². The van der Waals surface area contributed by atoms with Crippen molar-refractivity contribution in [3.8, 4) is 0 Å². The fraction of sp³-hybridized carbons (Fsp3) is 0.905. The van der Waals surface area contributed by atoms with Crippen molar-refractivity contribution in [2.45, 2.75) is 77.7 Å². The van der Waals surface area contributed by atoms with Gasteiger partial charge in [-0.05, 0) is 87.4 Å². The molecule has 3 saturated carbocycles. The third-order valence-electron chi connectivity index (χ3n) is 8.91. The first-order valence-electron chi connectivity index (χ1n) is 9.89. The van der Waals surface area contributed by atoms with Gasteiger partial charge in [-0.3, -0.25) is 0 Å². The lowest BCUT2D eigenvalue weighted by atomic mass is 9.44. The summed E-state index contributed by atoms with van der Waals surface area (Å²) in [6, 6.07) is 0. The fourth-order valence-corrected chi connectivity index (χ4v) is 7.48. The molecule has 0 radical (unpaired) electrons. The largest absolute Gasteiger partial charge is 0.395 e. The van der Waals surface area contributed by atoms with Crippen LogP contribution in [0.3, 0.4) is 0 Å². The maximum atomic E-state index is 11.0. The molecule has 23 heavy (non-hydrogen) atoms. The standard InChI is InChI=1S/C21H34O2/c1-14-12-15-17-8-11-20(3,23)19(17,2)10-7-18(15)21(13-22)9-5-4-6-16(14)21/h6,14-15,17-18,22-23H,4-5,7-13H2,1-3H3/t14-,15-,17-,18-,19-,20-,21+/m0/s1. The summed E-state index contributed by atoms with van der Waals surface area (Å²) in [5.41, 5.74) is 1.23. The summed E-state index contributed by atoms with van der Waals surface area (Å²) < 4.78 is 0. The molecular weight excluding hydrogens is 284 g/mol. The molecule has 0 spiro atoms. The third-order valence-corrected chi connectivity index (χ3v) is 8.91. The molecule has 0 saturated heterocycles. The van der Waals surface area contributed by atoms with Crippen LogP contribution in [0.25, 0.3) is 0 Å². The SMILES string of the molecule is C[C@H]1C[C@@H]2[C@H](CC[C@@]3(C)[C@H]2CC[C@]3(C)O)[C@@]2(CO)CCCC=C12. The van der Waals surface area contributed by atoms with E-state index < -0.39 is 5.60 Å². The van der Waals surface area contributed by atoms with Gasteiger partial charge in [-0.2, -0.15) is 0 Å². The average molecular weight is 319 g/mol. The highest BCUT2D eigenvalue weighted by Crippen LogP contribution is 2.68. The molecule has 0 bridgehead atoms. The highest BCUT2D eigenvalue weighted by molar-refractivity contribution is 5.27. The summed E-state index contributed by atoms with van der Waals surface area (Å²) in [5, 5.41) is 21.4. The van der Waals surface area contributed by atoms with Crippen molar-refractivity contribution in [3.05, 3.63) is 11.6 Å². The molecule has 0 heterocycles. The Morgan fingerprint density at radius 3 is 2.61 bits per heavy atom. The van der Waals surface area contributed by atoms with Crippen LogP contribution in [0.1, 0.15) is 72.1 Å². The van der Waals surface area contributed by atoms with E-state index in [1.54, 1.807) is 5.57 Å². The third kappa shape index (κ3) is 1.94. The van der Waals surface area contributed by atoms with Crippen LogP contribution in [0.2, 0.25) is 0 Å². The number of hydrogen-bond acceptors (Lipinski definition) is 2. The Kier molecular flexibility index (Phi) is 3.57. The van der Waals surface area contributed by atoms with Crippen molar-refractivity contribution in [2.75, 3.05) is 6.61 Å². The molecule has 2 nitrogen and oxygen atoms in total. The predicted octanol–water partition coefficient (Wildman–Crippen LogP) is 4.31. The molecule has 0 aromatic rings. The van der Waals surface area contributed by atoms with Crippen molar-refractivity contribution in [1.29, 1.82) is 0 Å². The molecule has 130 valence electrons. The molecule has 3 fully saturated rings. The Hall–Kier alpha value is -0.340. The van der Waals surface area contributed by atoms with Gasteiger partial charge in [0.1, 0.15) is 0 Å². The summed E-state index contributed by atoms with van der Waals surface area (Å²) >= 11 is 0. The topological polar surface area (TPSA) is 40.5 Å². The van der Waals surface area contributed by atoms with Gasteiger partial charge < -0.3 is 10.2 Å². The molecule has 0 aromatic carbocycles. The van der Waals surface area contributed by atoms with Gasteiger partial charge in [0.15, 0.2) is 0 Å². The van der Waals surface area contributed by atoms with E-state index in [0.717, 1.165) is 12.8 Å². The van der Waals surface area contributed by atoms with Gasteiger partial charge in [0.05, 0.1) is 12.2 Å². The lowest BCUT2D eigenvalue weighted by Gasteiger charge is -2.60. The zero-order chi connectivity index (χ0) is 16.5. The number of aliphatic hydroxyl groups is 2. The maximum Gasteiger partial charge on any atom is 0.0675 e. The van der Waals surface area contributed by atoms with E-state index in [2.05, 4.69) is 26.8 Å². The van der Waals surface area contributed by atoms with Crippen LogP contribution >= 0.6 is 0 Å². The molecule has 2 heteroatoms. The van der Waals surface area contributed by atoms with Gasteiger partial charge in [-0.1, -0.05) is 25.5 Å². The molecular formula is C21H34O2. The number of allylic oxidation sites excluding steroid dienone is 1. The summed E-state index contributed by atoms with van der Waals surface area (Å²) in [4.78, 5) is 0. The first kappa shape index (κ1) is 16.1. The molecule has 0 amide bonds. The fourth-order valence-electron chi connectivity index (χ4n) is 7.48. The van der Waals surface area contributed by atoms with Crippen LogP contribution in [-0.4, -0.2) is 22.4 Å². The Balaban J connectivity index is 1.75. The van der Waals surface area contributed by atoms with E-state index in [1.165, 1.54) is 38.5 Å². The molecule has 0 unspecified atom stereocenters. The summed E-state index contributed by atoms with van der Waals surface area (Å²) in [7, 11) is 0. The van der Waals surface area contributed by atoms with E-state index in [0.29, 0.717) is 30.3 Å². The van der Waals surface area contributed by atoms with Gasteiger partial charge in [0.2, 0.25) is 0 Å². The number of rotatable bonds is 1. The van der Waals surface area contributed by atoms with Gasteiger partial charge in [-0.25, -0.2) is 0 Å². The molecule has 4 aliphatic carbocycles. The van der Waals surface area contributed by atoms with Crippen molar-refractivity contribution in [2.24, 2.45) is 34.5 Å². The van der Waals surface area contributed by atoms with E-state index >= 15 is 0 Å². The van der Waals surface area contributed by atoms with Crippen molar-refractivity contribution < 1.29 is 10.2 Å². The van der Waals surface area contributed by atoms with Crippen LogP contribution < -0.4 is 0 Å². The molecule has 4 rings (SSSR count). The monoisotopic (exact) mass is 318 g/mol. The lowest BCUT2D eigenvalue weighted by Crippen LogP contribution is -2.56. The second-order valence-corrected chi connectivity index (χ2v) is 9.65. The Bertz CT molecular complexity index is 522. The van der Waals surface area contributed by atoms with Crippen LogP contribution in [0.5, 0.6) is 0 Å². The van der Waals surface area contributed by atoms with Gasteiger partial charge in [0, 0.05) is 5.41 Å². The molecule has 0 aliphatic heterocycles. The summed E-state index contributed by atoms with van der Waals surface area (Å²) in [6.45, 7) is 7.15. The Morgan fingerprint density at radius 2 is 1.87 bits per heavy atom. The highest BCUT2D eigenvalue weighted by atomic mass is 16.3. The molecule has 4 aliphatic rings. The van der Waals surface area contributed by atoms with Gasteiger partial charge in [0.25, 0.3) is 0 Å². The predicted molar refractivity (Wildman–Crippen MR) is 92.9 cm³/mol. The minimum atomic E-state index is -0.499. The minimum absolute atomic E-state index is 0.0658. The van der Waals surface area contributed by atoms with E-state index in [9.17, 15) is 10.2 Å².